The summed E-state index contributed by atoms with van der Waals surface area (Å²) in [7, 11) is 1.72. The quantitative estimate of drug-likeness (QED) is 0.672. The molecule has 2 aromatic carbocycles. The third-order valence-corrected chi connectivity index (χ3v) is 3.53. The lowest BCUT2D eigenvalue weighted by atomic mass is 10.1. The van der Waals surface area contributed by atoms with Crippen molar-refractivity contribution in [2.75, 3.05) is 7.11 Å². The molecule has 0 saturated carbocycles. The second kappa shape index (κ2) is 4.61. The molecule has 0 amide bonds. The SMILES string of the molecule is COc1ccc2c(c1)c1ccccc1n2CC(C)C. The fourth-order valence-electron chi connectivity index (χ4n) is 2.72. The number of hydrogen-bond donors (Lipinski definition) is 0. The average Bonchev–Trinajstić information content (AvgIpc) is 2.73. The molecule has 3 aromatic rings. The summed E-state index contributed by atoms with van der Waals surface area (Å²) in [5.41, 5.74) is 2.59. The highest BCUT2D eigenvalue weighted by Gasteiger charge is 2.11. The van der Waals surface area contributed by atoms with Crippen LogP contribution in [0.2, 0.25) is 0 Å². The molecule has 0 spiro atoms. The maximum atomic E-state index is 5.35. The zero-order valence-corrected chi connectivity index (χ0v) is 11.7. The van der Waals surface area contributed by atoms with Gasteiger partial charge in [-0.3, -0.25) is 0 Å². The van der Waals surface area contributed by atoms with Gasteiger partial charge in [0.25, 0.3) is 0 Å². The summed E-state index contributed by atoms with van der Waals surface area (Å²) < 4.78 is 7.76. The molecular weight excluding hydrogens is 234 g/mol. The fraction of sp³-hybridized carbons (Fsp3) is 0.294. The number of para-hydroxylation sites is 1. The van der Waals surface area contributed by atoms with Crippen molar-refractivity contribution in [3.8, 4) is 5.75 Å². The summed E-state index contributed by atoms with van der Waals surface area (Å²) in [6.07, 6.45) is 0. The van der Waals surface area contributed by atoms with Gasteiger partial charge in [0.2, 0.25) is 0 Å². The van der Waals surface area contributed by atoms with Crippen molar-refractivity contribution >= 4 is 21.8 Å². The molecule has 1 aromatic heterocycles. The molecule has 0 saturated heterocycles. The van der Waals surface area contributed by atoms with Crippen LogP contribution in [-0.4, -0.2) is 11.7 Å². The molecule has 0 bridgehead atoms. The molecule has 0 radical (unpaired) electrons. The minimum atomic E-state index is 0.626. The van der Waals surface area contributed by atoms with Gasteiger partial charge in [0.1, 0.15) is 5.75 Å². The van der Waals surface area contributed by atoms with E-state index < -0.39 is 0 Å². The Hall–Kier alpha value is -1.96. The van der Waals surface area contributed by atoms with Crippen LogP contribution in [0.5, 0.6) is 5.75 Å². The molecule has 0 aliphatic rings. The van der Waals surface area contributed by atoms with Gasteiger partial charge in [-0.25, -0.2) is 0 Å². The van der Waals surface area contributed by atoms with E-state index in [1.807, 2.05) is 6.07 Å². The lowest BCUT2D eigenvalue weighted by Crippen LogP contribution is -2.03. The number of hydrogen-bond acceptors (Lipinski definition) is 1. The Morgan fingerprint density at radius 2 is 1.74 bits per heavy atom. The third kappa shape index (κ3) is 1.97. The van der Waals surface area contributed by atoms with Crippen molar-refractivity contribution in [3.63, 3.8) is 0 Å². The number of benzene rings is 2. The van der Waals surface area contributed by atoms with Gasteiger partial charge in [0.15, 0.2) is 0 Å². The van der Waals surface area contributed by atoms with Gasteiger partial charge >= 0.3 is 0 Å². The number of fused-ring (bicyclic) bond motifs is 3. The molecule has 0 atom stereocenters. The van der Waals surface area contributed by atoms with Gasteiger partial charge in [-0.1, -0.05) is 32.0 Å². The molecular formula is C17H19NO. The lowest BCUT2D eigenvalue weighted by molar-refractivity contribution is 0.415. The second-order valence-corrected chi connectivity index (χ2v) is 5.40. The molecule has 2 heteroatoms. The Kier molecular flexibility index (Phi) is 2.94. The molecule has 3 rings (SSSR count). The molecule has 1 heterocycles. The minimum absolute atomic E-state index is 0.626. The lowest BCUT2D eigenvalue weighted by Gasteiger charge is -2.10. The third-order valence-electron chi connectivity index (χ3n) is 3.53. The molecule has 0 unspecified atom stereocenters. The molecule has 0 aliphatic carbocycles. The fourth-order valence-corrected chi connectivity index (χ4v) is 2.72. The molecule has 0 fully saturated rings. The Morgan fingerprint density at radius 3 is 2.47 bits per heavy atom. The monoisotopic (exact) mass is 253 g/mol. The van der Waals surface area contributed by atoms with Gasteiger partial charge < -0.3 is 9.30 Å². The largest absolute Gasteiger partial charge is 0.497 e. The van der Waals surface area contributed by atoms with Crippen LogP contribution in [0.25, 0.3) is 21.8 Å². The van der Waals surface area contributed by atoms with Crippen LogP contribution in [0.4, 0.5) is 0 Å². The molecule has 0 aliphatic heterocycles. The number of nitrogens with zero attached hydrogens (tertiary/aromatic N) is 1. The minimum Gasteiger partial charge on any atom is -0.497 e. The average molecular weight is 253 g/mol. The van der Waals surface area contributed by atoms with E-state index in [-0.39, 0.29) is 0 Å². The van der Waals surface area contributed by atoms with E-state index in [4.69, 9.17) is 4.74 Å². The maximum absolute atomic E-state index is 5.35. The molecule has 98 valence electrons. The Morgan fingerprint density at radius 1 is 1.00 bits per heavy atom. The van der Waals surface area contributed by atoms with Crippen LogP contribution >= 0.6 is 0 Å². The Bertz CT molecular complexity index is 725. The van der Waals surface area contributed by atoms with Gasteiger partial charge in [-0.2, -0.15) is 0 Å². The van der Waals surface area contributed by atoms with Crippen molar-refractivity contribution in [3.05, 3.63) is 42.5 Å². The Balaban J connectivity index is 2.37. The summed E-state index contributed by atoms with van der Waals surface area (Å²) in [6.45, 7) is 5.55. The summed E-state index contributed by atoms with van der Waals surface area (Å²) in [4.78, 5) is 0. The number of aromatic nitrogens is 1. The zero-order valence-electron chi connectivity index (χ0n) is 11.7. The van der Waals surface area contributed by atoms with E-state index in [1.54, 1.807) is 7.11 Å². The van der Waals surface area contributed by atoms with Crippen LogP contribution in [0, 0.1) is 5.92 Å². The van der Waals surface area contributed by atoms with Gasteiger partial charge in [-0.05, 0) is 30.2 Å². The predicted octanol–water partition coefficient (Wildman–Crippen LogP) is 4.46. The first kappa shape index (κ1) is 12.1. The Labute approximate surface area is 113 Å². The van der Waals surface area contributed by atoms with E-state index in [9.17, 15) is 0 Å². The first-order valence-corrected chi connectivity index (χ1v) is 6.75. The van der Waals surface area contributed by atoms with Crippen LogP contribution < -0.4 is 4.74 Å². The second-order valence-electron chi connectivity index (χ2n) is 5.40. The highest BCUT2D eigenvalue weighted by atomic mass is 16.5. The molecule has 19 heavy (non-hydrogen) atoms. The summed E-state index contributed by atoms with van der Waals surface area (Å²) in [6, 6.07) is 14.9. The number of methoxy groups -OCH3 is 1. The van der Waals surface area contributed by atoms with Crippen molar-refractivity contribution in [1.29, 1.82) is 0 Å². The number of rotatable bonds is 3. The topological polar surface area (TPSA) is 14.2 Å². The molecule has 0 N–H and O–H groups in total. The first-order valence-electron chi connectivity index (χ1n) is 6.75. The van der Waals surface area contributed by atoms with Gasteiger partial charge in [0.05, 0.1) is 7.11 Å². The first-order chi connectivity index (χ1) is 9.20. The van der Waals surface area contributed by atoms with Crippen molar-refractivity contribution in [1.82, 2.24) is 4.57 Å². The van der Waals surface area contributed by atoms with E-state index >= 15 is 0 Å². The van der Waals surface area contributed by atoms with Crippen LogP contribution in [0.15, 0.2) is 42.5 Å². The predicted molar refractivity (Wildman–Crippen MR) is 80.8 cm³/mol. The van der Waals surface area contributed by atoms with Crippen LogP contribution in [0.3, 0.4) is 0 Å². The zero-order chi connectivity index (χ0) is 13.4. The summed E-state index contributed by atoms with van der Waals surface area (Å²) >= 11 is 0. The summed E-state index contributed by atoms with van der Waals surface area (Å²) in [5.74, 6) is 1.54. The van der Waals surface area contributed by atoms with Crippen molar-refractivity contribution in [2.45, 2.75) is 20.4 Å². The smallest absolute Gasteiger partial charge is 0.119 e. The number of ether oxygens (including phenoxy) is 1. The van der Waals surface area contributed by atoms with E-state index in [2.05, 4.69) is 54.8 Å². The van der Waals surface area contributed by atoms with Crippen molar-refractivity contribution < 1.29 is 4.74 Å². The van der Waals surface area contributed by atoms with Crippen molar-refractivity contribution in [2.24, 2.45) is 5.92 Å². The highest BCUT2D eigenvalue weighted by molar-refractivity contribution is 6.08. The highest BCUT2D eigenvalue weighted by Crippen LogP contribution is 2.32. The molecule has 2 nitrogen and oxygen atoms in total. The van der Waals surface area contributed by atoms with Crippen LogP contribution in [-0.2, 0) is 6.54 Å². The van der Waals surface area contributed by atoms with Gasteiger partial charge in [0, 0.05) is 28.4 Å². The normalized spacial score (nSPS) is 11.6. The van der Waals surface area contributed by atoms with E-state index in [0.29, 0.717) is 5.92 Å². The summed E-state index contributed by atoms with van der Waals surface area (Å²) in [5, 5.41) is 2.58. The maximum Gasteiger partial charge on any atom is 0.119 e. The van der Waals surface area contributed by atoms with Gasteiger partial charge in [-0.15, -0.1) is 0 Å². The van der Waals surface area contributed by atoms with E-state index in [0.717, 1.165) is 12.3 Å². The van der Waals surface area contributed by atoms with E-state index in [1.165, 1.54) is 21.8 Å². The standard InChI is InChI=1S/C17H19NO/c1-12(2)11-18-16-7-5-4-6-14(16)15-10-13(19-3)8-9-17(15)18/h4-10,12H,11H2,1-3H3. The van der Waals surface area contributed by atoms with Crippen LogP contribution in [0.1, 0.15) is 13.8 Å².